The molecule has 1 aliphatic heterocycles. The normalized spacial score (nSPS) is 16.2. The highest BCUT2D eigenvalue weighted by Gasteiger charge is 2.39. The fraction of sp³-hybridized carbons (Fsp3) is 0.212. The van der Waals surface area contributed by atoms with Crippen molar-refractivity contribution in [2.75, 3.05) is 5.32 Å². The van der Waals surface area contributed by atoms with E-state index in [0.29, 0.717) is 16.6 Å². The molecule has 43 heavy (non-hydrogen) atoms. The first kappa shape index (κ1) is 29.7. The molecule has 5 rings (SSSR count). The smallest absolute Gasteiger partial charge is 0.408 e. The lowest BCUT2D eigenvalue weighted by molar-refractivity contribution is -0.126. The number of amidine groups is 1. The molecule has 0 radical (unpaired) electrons. The first-order chi connectivity index (χ1) is 20.9. The molecule has 0 spiro atoms. The van der Waals surface area contributed by atoms with E-state index < -0.39 is 23.3 Å². The SMILES string of the molecule is CCc1ccc(N=C2SC(c3ccc(NC(=O)[C@H](C)NC(=O)OCc4ccccc4)cc3)C(=O)N2Cc2ccco2)cc1. The molecule has 2 heterocycles. The maximum Gasteiger partial charge on any atom is 0.408 e. The summed E-state index contributed by atoms with van der Waals surface area (Å²) in [4.78, 5) is 44.9. The first-order valence-electron chi connectivity index (χ1n) is 14.0. The molecule has 0 saturated carbocycles. The standard InChI is InChI=1S/C33H32N4O5S/c1-3-23-11-15-27(16-12-23)36-32-37(20-28-10-7-19-41-28)31(39)29(43-32)25-13-17-26(18-14-25)35-30(38)22(2)34-33(40)42-21-24-8-5-4-6-9-24/h4-19,22,29H,3,20-21H2,1-2H3,(H,34,40)(H,35,38)/t22-,29?/m0/s1. The van der Waals surface area contributed by atoms with Gasteiger partial charge >= 0.3 is 6.09 Å². The van der Waals surface area contributed by atoms with Crippen molar-refractivity contribution >= 4 is 46.2 Å². The van der Waals surface area contributed by atoms with Crippen LogP contribution in [0.25, 0.3) is 0 Å². The van der Waals surface area contributed by atoms with Crippen LogP contribution in [0, 0.1) is 0 Å². The van der Waals surface area contributed by atoms with Gasteiger partial charge in [-0.05, 0) is 66.4 Å². The highest BCUT2D eigenvalue weighted by Crippen LogP contribution is 2.41. The lowest BCUT2D eigenvalue weighted by Gasteiger charge is -2.16. The second-order valence-electron chi connectivity index (χ2n) is 9.96. The number of aliphatic imine (C=N–C) groups is 1. The molecule has 3 amide bonds. The van der Waals surface area contributed by atoms with Gasteiger partial charge in [-0.1, -0.05) is 73.3 Å². The second-order valence-corrected chi connectivity index (χ2v) is 11.0. The van der Waals surface area contributed by atoms with Crippen LogP contribution >= 0.6 is 11.8 Å². The second kappa shape index (κ2) is 13.9. The number of benzene rings is 3. The van der Waals surface area contributed by atoms with E-state index in [1.807, 2.05) is 60.7 Å². The number of hydrogen-bond donors (Lipinski definition) is 2. The Morgan fingerprint density at radius 3 is 2.40 bits per heavy atom. The van der Waals surface area contributed by atoms with Crippen LogP contribution in [0.4, 0.5) is 16.2 Å². The van der Waals surface area contributed by atoms with Crippen molar-refractivity contribution in [1.82, 2.24) is 10.2 Å². The van der Waals surface area contributed by atoms with Crippen LogP contribution < -0.4 is 10.6 Å². The predicted molar refractivity (Wildman–Crippen MR) is 167 cm³/mol. The molecule has 2 atom stereocenters. The highest BCUT2D eigenvalue weighted by atomic mass is 32.2. The Labute approximate surface area is 254 Å². The third kappa shape index (κ3) is 7.72. The predicted octanol–water partition coefficient (Wildman–Crippen LogP) is 6.60. The number of alkyl carbamates (subject to hydrolysis) is 1. The number of furan rings is 1. The van der Waals surface area contributed by atoms with Crippen LogP contribution in [0.2, 0.25) is 0 Å². The van der Waals surface area contributed by atoms with Gasteiger partial charge in [-0.25, -0.2) is 9.79 Å². The molecule has 4 aromatic rings. The zero-order chi connectivity index (χ0) is 30.2. The Kier molecular flexibility index (Phi) is 9.58. The van der Waals surface area contributed by atoms with Gasteiger partial charge in [0.25, 0.3) is 0 Å². The summed E-state index contributed by atoms with van der Waals surface area (Å²) in [5.41, 5.74) is 4.14. The van der Waals surface area contributed by atoms with E-state index in [1.165, 1.54) is 17.3 Å². The summed E-state index contributed by atoms with van der Waals surface area (Å²) >= 11 is 1.38. The Balaban J connectivity index is 1.22. The molecule has 0 aliphatic carbocycles. The quantitative estimate of drug-likeness (QED) is 0.213. The van der Waals surface area contributed by atoms with Crippen LogP contribution in [0.15, 0.2) is 107 Å². The monoisotopic (exact) mass is 596 g/mol. The number of rotatable bonds is 10. The van der Waals surface area contributed by atoms with E-state index in [4.69, 9.17) is 14.1 Å². The van der Waals surface area contributed by atoms with E-state index in [9.17, 15) is 14.4 Å². The third-order valence-electron chi connectivity index (χ3n) is 6.83. The van der Waals surface area contributed by atoms with Crippen molar-refractivity contribution in [2.45, 2.75) is 44.7 Å². The number of amides is 3. The van der Waals surface area contributed by atoms with Gasteiger partial charge in [-0.3, -0.25) is 14.5 Å². The Morgan fingerprint density at radius 2 is 1.72 bits per heavy atom. The summed E-state index contributed by atoms with van der Waals surface area (Å²) in [6, 6.07) is 27.1. The Hall–Kier alpha value is -4.83. The number of anilines is 1. The van der Waals surface area contributed by atoms with Crippen LogP contribution in [0.5, 0.6) is 0 Å². The summed E-state index contributed by atoms with van der Waals surface area (Å²) < 4.78 is 10.7. The minimum absolute atomic E-state index is 0.103. The van der Waals surface area contributed by atoms with E-state index in [1.54, 1.807) is 48.4 Å². The fourth-order valence-electron chi connectivity index (χ4n) is 4.37. The first-order valence-corrected chi connectivity index (χ1v) is 14.8. The van der Waals surface area contributed by atoms with Gasteiger partial charge in [0.05, 0.1) is 18.5 Å². The van der Waals surface area contributed by atoms with E-state index in [-0.39, 0.29) is 19.1 Å². The van der Waals surface area contributed by atoms with Crippen LogP contribution in [0.3, 0.4) is 0 Å². The molecule has 1 saturated heterocycles. The lowest BCUT2D eigenvalue weighted by Crippen LogP contribution is -2.41. The minimum atomic E-state index is -0.824. The summed E-state index contributed by atoms with van der Waals surface area (Å²) in [6.07, 6.45) is 1.83. The van der Waals surface area contributed by atoms with Gasteiger partial charge < -0.3 is 19.8 Å². The summed E-state index contributed by atoms with van der Waals surface area (Å²) in [7, 11) is 0. The van der Waals surface area contributed by atoms with Crippen molar-refractivity contribution in [2.24, 2.45) is 4.99 Å². The molecule has 1 fully saturated rings. The Morgan fingerprint density at radius 1 is 0.977 bits per heavy atom. The number of nitrogens with zero attached hydrogens (tertiary/aromatic N) is 2. The van der Waals surface area contributed by atoms with E-state index in [0.717, 1.165) is 23.2 Å². The van der Waals surface area contributed by atoms with Gasteiger partial charge in [-0.2, -0.15) is 0 Å². The molecule has 1 unspecified atom stereocenters. The van der Waals surface area contributed by atoms with Crippen molar-refractivity contribution in [1.29, 1.82) is 0 Å². The van der Waals surface area contributed by atoms with Gasteiger partial charge in [0.2, 0.25) is 11.8 Å². The molecule has 1 aliphatic rings. The third-order valence-corrected chi connectivity index (χ3v) is 8.06. The van der Waals surface area contributed by atoms with Crippen molar-refractivity contribution in [3.05, 3.63) is 120 Å². The largest absolute Gasteiger partial charge is 0.467 e. The zero-order valence-corrected chi connectivity index (χ0v) is 24.7. The number of nitrogens with one attached hydrogen (secondary N) is 2. The van der Waals surface area contributed by atoms with Crippen molar-refractivity contribution < 1.29 is 23.5 Å². The molecule has 0 bridgehead atoms. The average molecular weight is 597 g/mol. The number of carbonyl (C=O) groups excluding carboxylic acids is 3. The van der Waals surface area contributed by atoms with Crippen molar-refractivity contribution in [3.63, 3.8) is 0 Å². The molecule has 9 nitrogen and oxygen atoms in total. The molecule has 3 aromatic carbocycles. The van der Waals surface area contributed by atoms with Crippen LogP contribution in [-0.2, 0) is 33.9 Å². The van der Waals surface area contributed by atoms with Crippen LogP contribution in [-0.4, -0.2) is 34.0 Å². The van der Waals surface area contributed by atoms with Gasteiger partial charge in [0.1, 0.15) is 23.7 Å². The number of ether oxygens (including phenoxy) is 1. The molecular weight excluding hydrogens is 564 g/mol. The lowest BCUT2D eigenvalue weighted by atomic mass is 10.1. The van der Waals surface area contributed by atoms with Gasteiger partial charge in [0, 0.05) is 5.69 Å². The van der Waals surface area contributed by atoms with Gasteiger partial charge in [0.15, 0.2) is 5.17 Å². The van der Waals surface area contributed by atoms with Gasteiger partial charge in [-0.15, -0.1) is 0 Å². The molecule has 220 valence electrons. The highest BCUT2D eigenvalue weighted by molar-refractivity contribution is 8.15. The summed E-state index contributed by atoms with van der Waals surface area (Å²) in [5.74, 6) is 0.159. The average Bonchev–Trinajstić information content (AvgIpc) is 3.65. The summed E-state index contributed by atoms with van der Waals surface area (Å²) in [6.45, 7) is 4.05. The molecule has 10 heteroatoms. The minimum Gasteiger partial charge on any atom is -0.467 e. The molecular formula is C33H32N4O5S. The number of thioether (sulfide) groups is 1. The number of aryl methyl sites for hydroxylation is 1. The number of hydrogen-bond acceptors (Lipinski definition) is 7. The molecule has 1 aromatic heterocycles. The summed E-state index contributed by atoms with van der Waals surface area (Å²) in [5, 5.41) is 5.41. The number of carbonyl (C=O) groups is 3. The van der Waals surface area contributed by atoms with Crippen LogP contribution in [0.1, 0.15) is 41.5 Å². The van der Waals surface area contributed by atoms with E-state index in [2.05, 4.69) is 17.6 Å². The van der Waals surface area contributed by atoms with Crippen molar-refractivity contribution in [3.8, 4) is 0 Å². The molecule has 2 N–H and O–H groups in total. The van der Waals surface area contributed by atoms with E-state index >= 15 is 0 Å². The Bertz CT molecular complexity index is 1570. The maximum absolute atomic E-state index is 13.6. The maximum atomic E-state index is 13.6. The zero-order valence-electron chi connectivity index (χ0n) is 23.9. The fourth-order valence-corrected chi connectivity index (χ4v) is 5.54. The topological polar surface area (TPSA) is 113 Å².